The number of rotatable bonds is 5. The van der Waals surface area contributed by atoms with Crippen LogP contribution in [0.1, 0.15) is 62.5 Å². The third kappa shape index (κ3) is 4.29. The Bertz CT molecular complexity index is 1240. The number of fused-ring (bicyclic) bond motifs is 2. The van der Waals surface area contributed by atoms with E-state index in [0.717, 1.165) is 62.3 Å². The first-order valence-corrected chi connectivity index (χ1v) is 12.9. The first-order chi connectivity index (χ1) is 17.2. The SMILES string of the molecule is CCN1CCN([C@H](c2cc3cc4c(cc3[nH]c2=O)OCCO4)c2nnnn2C2CCCCC2)CC1. The van der Waals surface area contributed by atoms with E-state index in [1.54, 1.807) is 0 Å². The number of nitrogens with one attached hydrogen (secondary N) is 1. The van der Waals surface area contributed by atoms with Gasteiger partial charge in [-0.3, -0.25) is 9.69 Å². The van der Waals surface area contributed by atoms with Crippen LogP contribution in [0.4, 0.5) is 0 Å². The van der Waals surface area contributed by atoms with Gasteiger partial charge in [-0.25, -0.2) is 4.68 Å². The molecule has 1 aromatic carbocycles. The van der Waals surface area contributed by atoms with Crippen LogP contribution in [0, 0.1) is 0 Å². The molecule has 4 heterocycles. The predicted octanol–water partition coefficient (Wildman–Crippen LogP) is 2.52. The number of pyridine rings is 1. The van der Waals surface area contributed by atoms with Gasteiger partial charge in [0.1, 0.15) is 19.3 Å². The van der Waals surface area contributed by atoms with Gasteiger partial charge < -0.3 is 19.4 Å². The molecule has 2 aromatic heterocycles. The maximum absolute atomic E-state index is 13.5. The molecule has 3 aromatic rings. The number of hydrogen-bond acceptors (Lipinski definition) is 8. The fraction of sp³-hybridized carbons (Fsp3) is 0.600. The summed E-state index contributed by atoms with van der Waals surface area (Å²) in [7, 11) is 0. The van der Waals surface area contributed by atoms with Crippen LogP contribution in [-0.4, -0.2) is 80.9 Å². The monoisotopic (exact) mass is 479 g/mol. The van der Waals surface area contributed by atoms with Crippen molar-refractivity contribution in [2.45, 2.75) is 51.1 Å². The zero-order valence-corrected chi connectivity index (χ0v) is 20.3. The van der Waals surface area contributed by atoms with Crippen molar-refractivity contribution < 1.29 is 9.47 Å². The van der Waals surface area contributed by atoms with Crippen LogP contribution in [-0.2, 0) is 0 Å². The first-order valence-electron chi connectivity index (χ1n) is 12.9. The number of hydrogen-bond donors (Lipinski definition) is 1. The smallest absolute Gasteiger partial charge is 0.253 e. The molecule has 0 unspecified atom stereocenters. The van der Waals surface area contributed by atoms with Crippen LogP contribution < -0.4 is 15.0 Å². The van der Waals surface area contributed by atoms with Crippen molar-refractivity contribution in [1.82, 2.24) is 35.0 Å². The minimum absolute atomic E-state index is 0.115. The van der Waals surface area contributed by atoms with E-state index in [1.807, 2.05) is 22.9 Å². The van der Waals surface area contributed by atoms with Crippen LogP contribution in [0.3, 0.4) is 0 Å². The van der Waals surface area contributed by atoms with Gasteiger partial charge in [-0.05, 0) is 41.9 Å². The molecule has 1 N–H and O–H groups in total. The zero-order valence-electron chi connectivity index (χ0n) is 20.3. The molecule has 1 atom stereocenters. The van der Waals surface area contributed by atoms with Gasteiger partial charge in [0.05, 0.1) is 11.6 Å². The van der Waals surface area contributed by atoms with Crippen LogP contribution in [0.25, 0.3) is 10.9 Å². The molecular weight excluding hydrogens is 446 g/mol. The Morgan fingerprint density at radius 1 is 1.03 bits per heavy atom. The van der Waals surface area contributed by atoms with E-state index < -0.39 is 0 Å². The van der Waals surface area contributed by atoms with Crippen LogP contribution in [0.2, 0.25) is 0 Å². The number of H-pyrrole nitrogens is 1. The number of aromatic amines is 1. The summed E-state index contributed by atoms with van der Waals surface area (Å²) < 4.78 is 13.5. The lowest BCUT2D eigenvalue weighted by Gasteiger charge is -2.38. The quantitative estimate of drug-likeness (QED) is 0.596. The van der Waals surface area contributed by atoms with Crippen LogP contribution in [0.5, 0.6) is 11.5 Å². The lowest BCUT2D eigenvalue weighted by atomic mass is 9.95. The van der Waals surface area contributed by atoms with E-state index in [2.05, 4.69) is 37.2 Å². The van der Waals surface area contributed by atoms with E-state index in [-0.39, 0.29) is 17.6 Å². The molecule has 0 radical (unpaired) electrons. The van der Waals surface area contributed by atoms with E-state index in [9.17, 15) is 4.79 Å². The van der Waals surface area contributed by atoms with Gasteiger partial charge in [-0.1, -0.05) is 26.2 Å². The van der Waals surface area contributed by atoms with Gasteiger partial charge in [0.2, 0.25) is 0 Å². The number of likely N-dealkylation sites (N-methyl/N-ethyl adjacent to an activating group) is 1. The molecule has 1 saturated carbocycles. The summed E-state index contributed by atoms with van der Waals surface area (Å²) in [4.78, 5) is 21.5. The van der Waals surface area contributed by atoms with Gasteiger partial charge in [-0.15, -0.1) is 5.10 Å². The fourth-order valence-electron chi connectivity index (χ4n) is 5.77. The third-order valence-corrected chi connectivity index (χ3v) is 7.73. The predicted molar refractivity (Wildman–Crippen MR) is 131 cm³/mol. The number of tetrazole rings is 1. The lowest BCUT2D eigenvalue weighted by Crippen LogP contribution is -2.49. The maximum Gasteiger partial charge on any atom is 0.253 e. The molecule has 0 bridgehead atoms. The maximum atomic E-state index is 13.5. The number of ether oxygens (including phenoxy) is 2. The van der Waals surface area contributed by atoms with Crippen molar-refractivity contribution >= 4 is 10.9 Å². The molecule has 1 aliphatic carbocycles. The fourth-order valence-corrected chi connectivity index (χ4v) is 5.77. The van der Waals surface area contributed by atoms with Crippen molar-refractivity contribution in [3.63, 3.8) is 0 Å². The summed E-state index contributed by atoms with van der Waals surface area (Å²) in [5.41, 5.74) is 1.30. The molecule has 1 saturated heterocycles. The number of benzene rings is 1. The summed E-state index contributed by atoms with van der Waals surface area (Å²) in [6.45, 7) is 7.89. The van der Waals surface area contributed by atoms with Gasteiger partial charge >= 0.3 is 0 Å². The third-order valence-electron chi connectivity index (χ3n) is 7.73. The second kappa shape index (κ2) is 9.58. The van der Waals surface area contributed by atoms with E-state index in [1.165, 1.54) is 19.3 Å². The van der Waals surface area contributed by atoms with E-state index >= 15 is 0 Å². The molecule has 186 valence electrons. The van der Waals surface area contributed by atoms with Gasteiger partial charge in [0.15, 0.2) is 17.3 Å². The van der Waals surface area contributed by atoms with Gasteiger partial charge in [-0.2, -0.15) is 0 Å². The van der Waals surface area contributed by atoms with Crippen molar-refractivity contribution in [3.8, 4) is 11.5 Å². The average molecular weight is 480 g/mol. The minimum atomic E-state index is -0.313. The summed E-state index contributed by atoms with van der Waals surface area (Å²) >= 11 is 0. The Hall–Kier alpha value is -2.98. The molecule has 10 heteroatoms. The van der Waals surface area contributed by atoms with Crippen molar-refractivity contribution in [2.24, 2.45) is 0 Å². The molecule has 3 aliphatic rings. The highest BCUT2D eigenvalue weighted by Gasteiger charge is 2.34. The molecule has 2 fully saturated rings. The highest BCUT2D eigenvalue weighted by Crippen LogP contribution is 2.36. The molecule has 6 rings (SSSR count). The van der Waals surface area contributed by atoms with Crippen LogP contribution in [0.15, 0.2) is 23.0 Å². The Balaban J connectivity index is 1.45. The van der Waals surface area contributed by atoms with Crippen molar-refractivity contribution in [3.05, 3.63) is 39.9 Å². The highest BCUT2D eigenvalue weighted by atomic mass is 16.6. The number of nitrogens with zero attached hydrogens (tertiary/aromatic N) is 6. The molecule has 35 heavy (non-hydrogen) atoms. The Labute approximate surface area is 204 Å². The first kappa shape index (κ1) is 22.5. The average Bonchev–Trinajstić information content (AvgIpc) is 3.38. The standard InChI is InChI=1S/C25H33N7O3/c1-2-30-8-10-31(11-9-30)23(24-27-28-29-32(24)18-6-4-3-5-7-18)19-14-17-15-21-22(35-13-12-34-21)16-20(17)26-25(19)33/h14-16,18,23H,2-13H2,1H3,(H,26,33)/t23-/m1/s1. The molecule has 0 spiro atoms. The normalized spacial score (nSPS) is 20.8. The Morgan fingerprint density at radius 3 is 2.51 bits per heavy atom. The highest BCUT2D eigenvalue weighted by molar-refractivity contribution is 5.83. The number of aromatic nitrogens is 5. The minimum Gasteiger partial charge on any atom is -0.486 e. The summed E-state index contributed by atoms with van der Waals surface area (Å²) in [6, 6.07) is 5.77. The largest absolute Gasteiger partial charge is 0.486 e. The van der Waals surface area contributed by atoms with Gasteiger partial charge in [0, 0.05) is 43.2 Å². The zero-order chi connectivity index (χ0) is 23.8. The Kier molecular flexibility index (Phi) is 6.15. The van der Waals surface area contributed by atoms with E-state index in [0.29, 0.717) is 30.3 Å². The van der Waals surface area contributed by atoms with Crippen molar-refractivity contribution in [2.75, 3.05) is 45.9 Å². The molecular formula is C25H33N7O3. The molecule has 2 aliphatic heterocycles. The summed E-state index contributed by atoms with van der Waals surface area (Å²) in [6.07, 6.45) is 5.79. The molecule has 0 amide bonds. The second-order valence-electron chi connectivity index (χ2n) is 9.78. The van der Waals surface area contributed by atoms with E-state index in [4.69, 9.17) is 9.47 Å². The van der Waals surface area contributed by atoms with Gasteiger partial charge in [0.25, 0.3) is 5.56 Å². The second-order valence-corrected chi connectivity index (χ2v) is 9.78. The lowest BCUT2D eigenvalue weighted by molar-refractivity contribution is 0.106. The van der Waals surface area contributed by atoms with Crippen molar-refractivity contribution in [1.29, 1.82) is 0 Å². The summed E-state index contributed by atoms with van der Waals surface area (Å²) in [5, 5.41) is 14.0. The summed E-state index contributed by atoms with van der Waals surface area (Å²) in [5.74, 6) is 2.15. The van der Waals surface area contributed by atoms with Crippen LogP contribution >= 0.6 is 0 Å². The Morgan fingerprint density at radius 2 is 1.77 bits per heavy atom. The number of piperazine rings is 1. The topological polar surface area (TPSA) is 101 Å². The molecule has 10 nitrogen and oxygen atoms in total.